The van der Waals surface area contributed by atoms with Crippen LogP contribution in [0, 0.1) is 0 Å². The molecular formula is C26H22ClNaO6. The molecule has 0 radical (unpaired) electrons. The van der Waals surface area contributed by atoms with Crippen molar-refractivity contribution in [3.63, 3.8) is 0 Å². The van der Waals surface area contributed by atoms with Crippen molar-refractivity contribution in [2.45, 2.75) is 31.6 Å². The third kappa shape index (κ3) is 6.33. The zero-order chi connectivity index (χ0) is 23.4. The number of carboxylic acid groups (broad SMARTS) is 1. The van der Waals surface area contributed by atoms with E-state index in [-0.39, 0.29) is 52.7 Å². The van der Waals surface area contributed by atoms with Gasteiger partial charge in [0.05, 0.1) is 11.6 Å². The maximum atomic E-state index is 12.5. The first-order chi connectivity index (χ1) is 15.9. The molecule has 0 aliphatic carbocycles. The number of halogens is 1. The number of ether oxygens (including phenoxy) is 2. The summed E-state index contributed by atoms with van der Waals surface area (Å²) in [5, 5.41) is 21.0. The first-order valence-electron chi connectivity index (χ1n) is 10.7. The van der Waals surface area contributed by atoms with Gasteiger partial charge in [-0.25, -0.2) is 0 Å². The Kier molecular flexibility index (Phi) is 9.03. The van der Waals surface area contributed by atoms with Crippen LogP contribution < -0.4 is 44.1 Å². The van der Waals surface area contributed by atoms with Gasteiger partial charge in [-0.05, 0) is 67.3 Å². The van der Waals surface area contributed by atoms with Gasteiger partial charge in [-0.15, -0.1) is 0 Å². The fourth-order valence-electron chi connectivity index (χ4n) is 3.81. The summed E-state index contributed by atoms with van der Waals surface area (Å²) >= 11 is 6.32. The number of ketones is 1. The maximum absolute atomic E-state index is 12.5. The van der Waals surface area contributed by atoms with Crippen molar-refractivity contribution in [2.75, 3.05) is 6.61 Å². The molecule has 170 valence electrons. The number of carbonyl (C=O) groups excluding carboxylic acids is 2. The Morgan fingerprint density at radius 3 is 2.47 bits per heavy atom. The molecule has 6 nitrogen and oxygen atoms in total. The van der Waals surface area contributed by atoms with Gasteiger partial charge < -0.3 is 24.5 Å². The molecule has 0 fully saturated rings. The summed E-state index contributed by atoms with van der Waals surface area (Å²) in [6.07, 6.45) is 2.20. The van der Waals surface area contributed by atoms with Crippen LogP contribution in [-0.2, 0) is 11.2 Å². The monoisotopic (exact) mass is 488 g/mol. The number of fused-ring (bicyclic) bond motifs is 1. The van der Waals surface area contributed by atoms with E-state index >= 15 is 0 Å². The van der Waals surface area contributed by atoms with E-state index in [0.717, 1.165) is 12.0 Å². The Labute approximate surface area is 224 Å². The Hall–Kier alpha value is -2.51. The van der Waals surface area contributed by atoms with Gasteiger partial charge in [0.2, 0.25) is 0 Å². The Balaban J connectivity index is 0.00000324. The Morgan fingerprint density at radius 2 is 1.79 bits per heavy atom. The molecule has 0 saturated heterocycles. The van der Waals surface area contributed by atoms with Gasteiger partial charge in [-0.3, -0.25) is 4.79 Å². The largest absolute Gasteiger partial charge is 1.00 e. The van der Waals surface area contributed by atoms with Crippen LogP contribution in [0.2, 0.25) is 5.02 Å². The third-order valence-electron chi connectivity index (χ3n) is 5.60. The molecule has 3 aromatic carbocycles. The van der Waals surface area contributed by atoms with Crippen LogP contribution in [0.4, 0.5) is 0 Å². The van der Waals surface area contributed by atoms with Gasteiger partial charge >= 0.3 is 29.6 Å². The van der Waals surface area contributed by atoms with E-state index in [1.54, 1.807) is 42.5 Å². The van der Waals surface area contributed by atoms with Gasteiger partial charge in [-0.1, -0.05) is 23.7 Å². The van der Waals surface area contributed by atoms with Crippen molar-refractivity contribution in [3.8, 4) is 23.0 Å². The molecular weight excluding hydrogens is 467 g/mol. The molecule has 3 aromatic rings. The maximum Gasteiger partial charge on any atom is 1.00 e. The number of hydrogen-bond donors (Lipinski definition) is 1. The van der Waals surface area contributed by atoms with E-state index in [1.807, 2.05) is 12.1 Å². The molecule has 0 amide bonds. The van der Waals surface area contributed by atoms with Crippen molar-refractivity contribution in [2.24, 2.45) is 0 Å². The standard InChI is InChI=1S/C26H23ClO6.Na/c27-22-14-21-20(26(30)31)12-13-32-24(21)15-25(22)33-19-10-6-17(7-11-19)23(29)3-1-2-16-4-8-18(28)9-5-16;/h4-11,14-15,20,28H,1-3,12-13H2,(H,30,31);/q;+1/p-1. The molecule has 1 atom stereocenters. The molecule has 34 heavy (non-hydrogen) atoms. The van der Waals surface area contributed by atoms with E-state index in [2.05, 4.69) is 0 Å². The number of hydrogen-bond acceptors (Lipinski definition) is 6. The van der Waals surface area contributed by atoms with Gasteiger partial charge in [0.15, 0.2) is 5.78 Å². The number of rotatable bonds is 8. The summed E-state index contributed by atoms with van der Waals surface area (Å²) in [6.45, 7) is 0.274. The minimum atomic E-state index is -1.16. The summed E-state index contributed by atoms with van der Waals surface area (Å²) in [5.41, 5.74) is 2.14. The number of benzene rings is 3. The van der Waals surface area contributed by atoms with E-state index in [0.29, 0.717) is 47.6 Å². The number of phenols is 1. The number of carboxylic acids is 1. The second-order valence-electron chi connectivity index (χ2n) is 7.90. The van der Waals surface area contributed by atoms with E-state index < -0.39 is 11.9 Å². The van der Waals surface area contributed by atoms with Crippen molar-refractivity contribution in [3.05, 3.63) is 82.4 Å². The fourth-order valence-corrected chi connectivity index (χ4v) is 4.02. The number of aromatic hydroxyl groups is 1. The molecule has 0 spiro atoms. The molecule has 0 aromatic heterocycles. The Bertz CT molecular complexity index is 1160. The van der Waals surface area contributed by atoms with E-state index in [4.69, 9.17) is 21.1 Å². The zero-order valence-corrected chi connectivity index (χ0v) is 21.5. The average Bonchev–Trinajstić information content (AvgIpc) is 2.81. The third-order valence-corrected chi connectivity index (χ3v) is 5.89. The van der Waals surface area contributed by atoms with Crippen LogP contribution in [0.25, 0.3) is 0 Å². The smallest absolute Gasteiger partial charge is 0.549 e. The van der Waals surface area contributed by atoms with Crippen LogP contribution in [0.15, 0.2) is 60.7 Å². The number of phenolic OH excluding ortho intramolecular Hbond substituents is 1. The van der Waals surface area contributed by atoms with E-state index in [1.165, 1.54) is 6.07 Å². The summed E-state index contributed by atoms with van der Waals surface area (Å²) in [4.78, 5) is 23.9. The van der Waals surface area contributed by atoms with Gasteiger partial charge in [0.25, 0.3) is 0 Å². The normalized spacial score (nSPS) is 14.3. The molecule has 0 bridgehead atoms. The first kappa shape index (κ1) is 26.1. The number of Topliss-reactive ketones (excluding diaryl/α,β-unsaturated/α-hetero) is 1. The predicted octanol–water partition coefficient (Wildman–Crippen LogP) is 1.66. The minimum absolute atomic E-state index is 0. The summed E-state index contributed by atoms with van der Waals surface area (Å²) < 4.78 is 11.4. The molecule has 8 heteroatoms. The van der Waals surface area contributed by atoms with Gasteiger partial charge in [0, 0.05) is 35.5 Å². The second-order valence-corrected chi connectivity index (χ2v) is 8.31. The quantitative estimate of drug-likeness (QED) is 0.383. The van der Waals surface area contributed by atoms with Crippen LogP contribution in [0.5, 0.6) is 23.0 Å². The molecule has 0 saturated carbocycles. The van der Waals surface area contributed by atoms with Crippen LogP contribution >= 0.6 is 11.6 Å². The first-order valence-corrected chi connectivity index (χ1v) is 11.0. The summed E-state index contributed by atoms with van der Waals surface area (Å²) in [6, 6.07) is 16.9. The SMILES string of the molecule is O=C(CCCc1ccc(O)cc1)c1ccc(Oc2cc3c(cc2Cl)C(C(=O)[O-])CCO3)cc1.[Na+]. The number of aliphatic carboxylic acids is 1. The minimum Gasteiger partial charge on any atom is -0.549 e. The molecule has 1 heterocycles. The van der Waals surface area contributed by atoms with E-state index in [9.17, 15) is 19.8 Å². The summed E-state index contributed by atoms with van der Waals surface area (Å²) in [7, 11) is 0. The van der Waals surface area contributed by atoms with Crippen LogP contribution in [-0.4, -0.2) is 23.5 Å². The van der Waals surface area contributed by atoms with Crippen LogP contribution in [0.1, 0.15) is 46.7 Å². The van der Waals surface area contributed by atoms with Crippen molar-refractivity contribution < 1.29 is 58.8 Å². The van der Waals surface area contributed by atoms with Crippen LogP contribution in [0.3, 0.4) is 0 Å². The molecule has 1 aliphatic heterocycles. The number of aryl methyl sites for hydroxylation is 1. The fraction of sp³-hybridized carbons (Fsp3) is 0.231. The molecule has 1 unspecified atom stereocenters. The van der Waals surface area contributed by atoms with Gasteiger partial charge in [0.1, 0.15) is 23.0 Å². The molecule has 4 rings (SSSR count). The van der Waals surface area contributed by atoms with Crippen molar-refractivity contribution >= 4 is 23.4 Å². The average molecular weight is 489 g/mol. The van der Waals surface area contributed by atoms with Crippen molar-refractivity contribution in [1.82, 2.24) is 0 Å². The predicted molar refractivity (Wildman–Crippen MR) is 121 cm³/mol. The van der Waals surface area contributed by atoms with Crippen molar-refractivity contribution in [1.29, 1.82) is 0 Å². The topological polar surface area (TPSA) is 95.9 Å². The number of carbonyl (C=O) groups is 2. The van der Waals surface area contributed by atoms with Gasteiger partial charge in [-0.2, -0.15) is 0 Å². The zero-order valence-electron chi connectivity index (χ0n) is 18.8. The molecule has 1 aliphatic rings. The second kappa shape index (κ2) is 11.8. The molecule has 1 N–H and O–H groups in total. The summed E-state index contributed by atoms with van der Waals surface area (Å²) in [5.74, 6) is -0.424. The Morgan fingerprint density at radius 1 is 1.09 bits per heavy atom.